The number of nitrogens with zero attached hydrogens (tertiary/aromatic N) is 2. The van der Waals surface area contributed by atoms with Gasteiger partial charge in [-0.05, 0) is 48.1 Å². The molecule has 35 heavy (non-hydrogen) atoms. The van der Waals surface area contributed by atoms with E-state index in [-0.39, 0.29) is 18.4 Å². The highest BCUT2D eigenvalue weighted by atomic mass is 32.1. The summed E-state index contributed by atoms with van der Waals surface area (Å²) in [5, 5.41) is 2.16. The minimum atomic E-state index is -0.362. The average molecular weight is 481 g/mol. The second kappa shape index (κ2) is 10.1. The Morgan fingerprint density at radius 2 is 1.57 bits per heavy atom. The third-order valence-corrected chi connectivity index (χ3v) is 6.94. The molecule has 1 amide bonds. The highest BCUT2D eigenvalue weighted by Crippen LogP contribution is 2.27. The topological polar surface area (TPSA) is 60.7 Å². The smallest absolute Gasteiger partial charge is 0.326 e. The third kappa shape index (κ3) is 4.93. The number of aromatic nitrogens is 1. The Hall–Kier alpha value is -4.03. The van der Waals surface area contributed by atoms with Gasteiger partial charge in [-0.1, -0.05) is 84.1 Å². The molecule has 0 radical (unpaired) electrons. The Labute approximate surface area is 207 Å². The molecule has 6 heteroatoms. The molecule has 0 bridgehead atoms. The van der Waals surface area contributed by atoms with Crippen LogP contribution in [0.25, 0.3) is 21.0 Å². The monoisotopic (exact) mass is 480 g/mol. The van der Waals surface area contributed by atoms with Crippen molar-refractivity contribution in [1.82, 2.24) is 4.57 Å². The molecule has 0 unspecified atom stereocenters. The van der Waals surface area contributed by atoms with Gasteiger partial charge in [0.05, 0.1) is 16.8 Å². The second-order valence-electron chi connectivity index (χ2n) is 8.19. The van der Waals surface area contributed by atoms with Crippen LogP contribution >= 0.6 is 11.3 Å². The van der Waals surface area contributed by atoms with Gasteiger partial charge in [0.1, 0.15) is 6.54 Å². The quantitative estimate of drug-likeness (QED) is 0.291. The predicted molar refractivity (Wildman–Crippen MR) is 140 cm³/mol. The van der Waals surface area contributed by atoms with Crippen LogP contribution in [0.15, 0.2) is 96.0 Å². The van der Waals surface area contributed by atoms with Gasteiger partial charge in [-0.25, -0.2) is 0 Å². The van der Waals surface area contributed by atoms with Gasteiger partial charge in [-0.15, -0.1) is 0 Å². The zero-order valence-electron chi connectivity index (χ0n) is 19.3. The van der Waals surface area contributed by atoms with E-state index in [2.05, 4.69) is 17.1 Å². The maximum atomic E-state index is 13.1. The molecule has 5 nitrogen and oxygen atoms in total. The van der Waals surface area contributed by atoms with Gasteiger partial charge < -0.3 is 9.30 Å². The maximum Gasteiger partial charge on any atom is 0.326 e. The summed E-state index contributed by atoms with van der Waals surface area (Å²) in [7, 11) is 0. The van der Waals surface area contributed by atoms with Crippen molar-refractivity contribution in [2.75, 3.05) is 6.61 Å². The van der Waals surface area contributed by atoms with Crippen molar-refractivity contribution in [2.24, 2.45) is 4.99 Å². The number of thiazole rings is 1. The van der Waals surface area contributed by atoms with E-state index in [0.717, 1.165) is 33.0 Å². The molecular formula is C29H24N2O3S. The largest absolute Gasteiger partial charge is 0.465 e. The SMILES string of the molecule is CCOC(=O)Cn1c(=NC(=O)c2ccc(Cc3ccccc3)cc2)sc2c3ccccc3ccc21. The van der Waals surface area contributed by atoms with E-state index in [0.29, 0.717) is 17.0 Å². The lowest BCUT2D eigenvalue weighted by atomic mass is 10.0. The number of hydrogen-bond donors (Lipinski definition) is 0. The molecule has 1 heterocycles. The number of fused-ring (bicyclic) bond motifs is 3. The number of carbonyl (C=O) groups excluding carboxylic acids is 2. The number of esters is 1. The summed E-state index contributed by atoms with van der Waals surface area (Å²) in [6, 6.07) is 29.8. The normalized spacial score (nSPS) is 11.7. The minimum Gasteiger partial charge on any atom is -0.465 e. The van der Waals surface area contributed by atoms with Gasteiger partial charge in [0.2, 0.25) is 0 Å². The van der Waals surface area contributed by atoms with Crippen LogP contribution < -0.4 is 4.80 Å². The molecule has 0 fully saturated rings. The summed E-state index contributed by atoms with van der Waals surface area (Å²) in [4.78, 5) is 30.4. The number of rotatable bonds is 6. The molecule has 0 aliphatic rings. The molecule has 0 N–H and O–H groups in total. The lowest BCUT2D eigenvalue weighted by Crippen LogP contribution is -2.23. The van der Waals surface area contributed by atoms with E-state index < -0.39 is 0 Å². The molecular weight excluding hydrogens is 456 g/mol. The molecule has 4 aromatic carbocycles. The Balaban J connectivity index is 1.52. The van der Waals surface area contributed by atoms with Gasteiger partial charge in [0, 0.05) is 10.9 Å². The van der Waals surface area contributed by atoms with Crippen molar-refractivity contribution < 1.29 is 14.3 Å². The zero-order valence-corrected chi connectivity index (χ0v) is 20.1. The van der Waals surface area contributed by atoms with E-state index in [1.807, 2.05) is 78.9 Å². The average Bonchev–Trinajstić information content (AvgIpc) is 3.22. The van der Waals surface area contributed by atoms with Crippen LogP contribution in [0, 0.1) is 0 Å². The van der Waals surface area contributed by atoms with Crippen LogP contribution in [-0.2, 0) is 22.5 Å². The third-order valence-electron chi connectivity index (χ3n) is 5.82. The van der Waals surface area contributed by atoms with Crippen LogP contribution in [0.3, 0.4) is 0 Å². The van der Waals surface area contributed by atoms with Gasteiger partial charge >= 0.3 is 5.97 Å². The highest BCUT2D eigenvalue weighted by molar-refractivity contribution is 7.17. The predicted octanol–water partition coefficient (Wildman–Crippen LogP) is 5.75. The van der Waals surface area contributed by atoms with Crippen LogP contribution in [-0.4, -0.2) is 23.1 Å². The fourth-order valence-electron chi connectivity index (χ4n) is 4.12. The Kier molecular flexibility index (Phi) is 6.55. The van der Waals surface area contributed by atoms with Crippen molar-refractivity contribution in [2.45, 2.75) is 19.9 Å². The summed E-state index contributed by atoms with van der Waals surface area (Å²) in [5.41, 5.74) is 3.70. The zero-order chi connectivity index (χ0) is 24.2. The van der Waals surface area contributed by atoms with Crippen molar-refractivity contribution in [3.63, 3.8) is 0 Å². The van der Waals surface area contributed by atoms with Crippen molar-refractivity contribution in [3.05, 3.63) is 112 Å². The van der Waals surface area contributed by atoms with Gasteiger partial charge in [-0.3, -0.25) is 9.59 Å². The minimum absolute atomic E-state index is 0.00565. The molecule has 5 aromatic rings. The van der Waals surface area contributed by atoms with Crippen molar-refractivity contribution in [1.29, 1.82) is 0 Å². The second-order valence-corrected chi connectivity index (χ2v) is 9.16. The van der Waals surface area contributed by atoms with Gasteiger partial charge in [0.15, 0.2) is 4.80 Å². The van der Waals surface area contributed by atoms with Crippen LogP contribution in [0.2, 0.25) is 0 Å². The van der Waals surface area contributed by atoms with Crippen molar-refractivity contribution >= 4 is 44.2 Å². The lowest BCUT2D eigenvalue weighted by Gasteiger charge is -2.06. The first-order chi connectivity index (χ1) is 17.1. The van der Waals surface area contributed by atoms with Gasteiger partial charge in [-0.2, -0.15) is 4.99 Å². The molecule has 174 valence electrons. The summed E-state index contributed by atoms with van der Waals surface area (Å²) < 4.78 is 7.93. The standard InChI is InChI=1S/C29H24N2O3S/c1-2-34-26(32)19-31-25-17-16-22-10-6-7-11-24(22)27(25)35-29(31)30-28(33)23-14-12-21(13-15-23)18-20-8-4-3-5-9-20/h3-17H,2,18-19H2,1H3. The number of benzene rings is 4. The lowest BCUT2D eigenvalue weighted by molar-refractivity contribution is -0.143. The molecule has 0 saturated carbocycles. The summed E-state index contributed by atoms with van der Waals surface area (Å²) >= 11 is 1.41. The first-order valence-electron chi connectivity index (χ1n) is 11.5. The van der Waals surface area contributed by atoms with E-state index >= 15 is 0 Å². The maximum absolute atomic E-state index is 13.1. The van der Waals surface area contributed by atoms with Crippen LogP contribution in [0.4, 0.5) is 0 Å². The van der Waals surface area contributed by atoms with E-state index in [1.54, 1.807) is 11.5 Å². The molecule has 0 aliphatic carbocycles. The fourth-order valence-corrected chi connectivity index (χ4v) is 5.28. The molecule has 0 atom stereocenters. The van der Waals surface area contributed by atoms with E-state index in [4.69, 9.17) is 4.74 Å². The van der Waals surface area contributed by atoms with E-state index in [9.17, 15) is 9.59 Å². The van der Waals surface area contributed by atoms with E-state index in [1.165, 1.54) is 16.9 Å². The Bertz CT molecular complexity index is 1580. The summed E-state index contributed by atoms with van der Waals surface area (Å²) in [5.74, 6) is -0.704. The number of hydrogen-bond acceptors (Lipinski definition) is 4. The van der Waals surface area contributed by atoms with Gasteiger partial charge in [0.25, 0.3) is 5.91 Å². The first kappa shape index (κ1) is 22.7. The highest BCUT2D eigenvalue weighted by Gasteiger charge is 2.15. The van der Waals surface area contributed by atoms with Crippen molar-refractivity contribution in [3.8, 4) is 0 Å². The molecule has 0 spiro atoms. The Morgan fingerprint density at radius 1 is 0.857 bits per heavy atom. The Morgan fingerprint density at radius 3 is 2.34 bits per heavy atom. The molecule has 1 aromatic heterocycles. The fraction of sp³-hybridized carbons (Fsp3) is 0.138. The van der Waals surface area contributed by atoms with Crippen LogP contribution in [0.5, 0.6) is 0 Å². The molecule has 0 saturated heterocycles. The molecule has 0 aliphatic heterocycles. The van der Waals surface area contributed by atoms with Crippen LogP contribution in [0.1, 0.15) is 28.4 Å². The summed E-state index contributed by atoms with van der Waals surface area (Å²) in [6.45, 7) is 2.07. The number of carbonyl (C=O) groups is 2. The number of amides is 1. The first-order valence-corrected chi connectivity index (χ1v) is 12.3. The number of ether oxygens (including phenoxy) is 1. The molecule has 5 rings (SSSR count). The summed E-state index contributed by atoms with van der Waals surface area (Å²) in [6.07, 6.45) is 0.801.